The Kier molecular flexibility index (Phi) is 9.85. The highest BCUT2D eigenvalue weighted by molar-refractivity contribution is 6.16. The first-order valence-corrected chi connectivity index (χ1v) is 21.8. The fraction of sp³-hybridized carbons (Fsp3) is 0.0161. The first-order chi connectivity index (χ1) is 31.8. The van der Waals surface area contributed by atoms with Crippen molar-refractivity contribution in [2.45, 2.75) is 5.41 Å². The molecule has 1 heterocycles. The first kappa shape index (κ1) is 38.4. The zero-order chi connectivity index (χ0) is 42.9. The zero-order valence-corrected chi connectivity index (χ0v) is 35.1. The molecule has 2 heteroatoms. The second-order valence-corrected chi connectivity index (χ2v) is 16.2. The third kappa shape index (κ3) is 6.26. The molecule has 0 radical (unpaired) electrons. The lowest BCUT2D eigenvalue weighted by atomic mass is 9.62. The minimum Gasteiger partial charge on any atom is -0.309 e. The monoisotopic (exact) mass is 814 g/mol. The third-order valence-corrected chi connectivity index (χ3v) is 12.8. The topological polar surface area (TPSA) is 27.0 Å². The average molecular weight is 815 g/mol. The largest absolute Gasteiger partial charge is 0.309 e. The Labute approximate surface area is 375 Å². The number of nitriles is 1. The van der Waals surface area contributed by atoms with Gasteiger partial charge in [0.25, 0.3) is 0 Å². The number of rotatable bonds is 8. The number of benzene rings is 10. The summed E-state index contributed by atoms with van der Waals surface area (Å²) in [6.07, 6.45) is 0. The lowest BCUT2D eigenvalue weighted by molar-refractivity contribution is 0.731. The van der Waals surface area contributed by atoms with Gasteiger partial charge in [-0.15, -0.1) is 0 Å². The van der Waals surface area contributed by atoms with E-state index in [9.17, 15) is 5.26 Å². The maximum Gasteiger partial charge on any atom is 0.0991 e. The summed E-state index contributed by atoms with van der Waals surface area (Å²) in [5.74, 6) is 0. The fourth-order valence-corrected chi connectivity index (χ4v) is 10.2. The van der Waals surface area contributed by atoms with Crippen molar-refractivity contribution < 1.29 is 0 Å². The van der Waals surface area contributed by atoms with Gasteiger partial charge < -0.3 is 4.90 Å². The van der Waals surface area contributed by atoms with Crippen LogP contribution in [-0.4, -0.2) is 0 Å². The van der Waals surface area contributed by atoms with Gasteiger partial charge in [0.2, 0.25) is 0 Å². The van der Waals surface area contributed by atoms with E-state index in [1.165, 1.54) is 22.3 Å². The molecule has 0 N–H and O–H groups in total. The van der Waals surface area contributed by atoms with Gasteiger partial charge >= 0.3 is 0 Å². The summed E-state index contributed by atoms with van der Waals surface area (Å²) >= 11 is 0. The van der Waals surface area contributed by atoms with Gasteiger partial charge in [0, 0.05) is 22.3 Å². The fourth-order valence-electron chi connectivity index (χ4n) is 10.2. The standard InChI is InChI=1S/C62H42N2/c63-43-44-39-41-49(42-40-44)58-56(45-23-7-1-8-24-45)57(46-25-9-2-10-26-46)59(47-27-11-3-12-28-47)61(60(58)48-29-13-4-14-30-48)64-54-37-21-19-35-52(54)62(50-31-15-5-16-32-50,51-33-17-6-18-34-51)53-36-20-22-38-55(53)64/h1-42H. The van der Waals surface area contributed by atoms with E-state index in [0.29, 0.717) is 5.56 Å². The van der Waals surface area contributed by atoms with E-state index in [4.69, 9.17) is 0 Å². The van der Waals surface area contributed by atoms with Gasteiger partial charge in [-0.25, -0.2) is 0 Å². The van der Waals surface area contributed by atoms with Crippen LogP contribution >= 0.6 is 0 Å². The lowest BCUT2D eigenvalue weighted by Crippen LogP contribution is -2.38. The van der Waals surface area contributed by atoms with Crippen molar-refractivity contribution in [3.8, 4) is 61.7 Å². The van der Waals surface area contributed by atoms with Gasteiger partial charge in [-0.1, -0.05) is 231 Å². The number of anilines is 3. The van der Waals surface area contributed by atoms with E-state index in [1.54, 1.807) is 0 Å². The van der Waals surface area contributed by atoms with Crippen LogP contribution < -0.4 is 4.90 Å². The Morgan fingerprint density at radius 1 is 0.297 bits per heavy atom. The van der Waals surface area contributed by atoms with E-state index in [-0.39, 0.29) is 0 Å². The SMILES string of the molecule is N#Cc1ccc(-c2c(-c3ccccc3)c(-c3ccccc3)c(-c3ccccc3)c(N3c4ccccc4C(c4ccccc4)(c4ccccc4)c4ccccc43)c2-c2ccccc2)cc1. The first-order valence-electron chi connectivity index (χ1n) is 21.8. The van der Waals surface area contributed by atoms with Gasteiger partial charge in [0.05, 0.1) is 34.1 Å². The maximum atomic E-state index is 10.1. The van der Waals surface area contributed by atoms with E-state index in [1.807, 2.05) is 12.1 Å². The molecule has 0 fully saturated rings. The van der Waals surface area contributed by atoms with Crippen molar-refractivity contribution in [1.29, 1.82) is 5.26 Å². The van der Waals surface area contributed by atoms with Gasteiger partial charge in [-0.05, 0) is 79.9 Å². The van der Waals surface area contributed by atoms with Gasteiger partial charge in [0.1, 0.15) is 0 Å². The van der Waals surface area contributed by atoms with Crippen LogP contribution in [-0.2, 0) is 5.41 Å². The molecule has 0 saturated carbocycles. The Hall–Kier alpha value is -8.51. The molecule has 1 aliphatic rings. The molecule has 64 heavy (non-hydrogen) atoms. The van der Waals surface area contributed by atoms with Crippen LogP contribution in [0.15, 0.2) is 255 Å². The zero-order valence-electron chi connectivity index (χ0n) is 35.1. The molecule has 0 bridgehead atoms. The molecule has 0 aromatic heterocycles. The number of hydrogen-bond acceptors (Lipinski definition) is 2. The van der Waals surface area contributed by atoms with Crippen LogP contribution in [0.1, 0.15) is 27.8 Å². The molecule has 10 aromatic carbocycles. The number of para-hydroxylation sites is 2. The molecule has 0 saturated heterocycles. The third-order valence-electron chi connectivity index (χ3n) is 12.8. The summed E-state index contributed by atoms with van der Waals surface area (Å²) in [7, 11) is 0. The van der Waals surface area contributed by atoms with Crippen LogP contribution in [0.25, 0.3) is 55.6 Å². The Balaban J connectivity index is 1.41. The molecule has 0 spiro atoms. The van der Waals surface area contributed by atoms with Crippen molar-refractivity contribution in [2.24, 2.45) is 0 Å². The molecule has 2 nitrogen and oxygen atoms in total. The molecule has 10 aromatic rings. The van der Waals surface area contributed by atoms with E-state index < -0.39 is 5.41 Å². The molecule has 0 amide bonds. The molecule has 1 aliphatic heterocycles. The Bertz CT molecular complexity index is 3200. The quantitative estimate of drug-likeness (QED) is 0.153. The van der Waals surface area contributed by atoms with Gasteiger partial charge in [-0.3, -0.25) is 0 Å². The average Bonchev–Trinajstić information content (AvgIpc) is 3.39. The maximum absolute atomic E-state index is 10.1. The van der Waals surface area contributed by atoms with Gasteiger partial charge in [0.15, 0.2) is 0 Å². The summed E-state index contributed by atoms with van der Waals surface area (Å²) in [4.78, 5) is 2.56. The smallest absolute Gasteiger partial charge is 0.0991 e. The van der Waals surface area contributed by atoms with Crippen LogP contribution in [0, 0.1) is 11.3 Å². The van der Waals surface area contributed by atoms with Crippen molar-refractivity contribution in [2.75, 3.05) is 4.90 Å². The highest BCUT2D eigenvalue weighted by atomic mass is 15.2. The van der Waals surface area contributed by atoms with E-state index >= 15 is 0 Å². The molecule has 300 valence electrons. The summed E-state index contributed by atoms with van der Waals surface area (Å²) in [5.41, 5.74) is 19.0. The molecular formula is C62H42N2. The predicted octanol–water partition coefficient (Wildman–Crippen LogP) is 16.1. The number of fused-ring (bicyclic) bond motifs is 2. The van der Waals surface area contributed by atoms with E-state index in [2.05, 4.69) is 254 Å². The van der Waals surface area contributed by atoms with Crippen molar-refractivity contribution in [3.05, 3.63) is 283 Å². The highest BCUT2D eigenvalue weighted by Gasteiger charge is 2.47. The summed E-state index contributed by atoms with van der Waals surface area (Å²) < 4.78 is 0. The van der Waals surface area contributed by atoms with Crippen LogP contribution in [0.3, 0.4) is 0 Å². The number of hydrogen-bond donors (Lipinski definition) is 0. The lowest BCUT2D eigenvalue weighted by Gasteiger charge is -2.47. The minimum absolute atomic E-state index is 0.618. The summed E-state index contributed by atoms with van der Waals surface area (Å²) in [6.45, 7) is 0. The molecular weight excluding hydrogens is 773 g/mol. The summed E-state index contributed by atoms with van der Waals surface area (Å²) in [5, 5.41) is 10.1. The van der Waals surface area contributed by atoms with Crippen molar-refractivity contribution >= 4 is 17.1 Å². The Morgan fingerprint density at radius 2 is 0.594 bits per heavy atom. The second-order valence-electron chi connectivity index (χ2n) is 16.2. The minimum atomic E-state index is -0.645. The molecule has 0 unspecified atom stereocenters. The number of nitrogens with zero attached hydrogens (tertiary/aromatic N) is 2. The van der Waals surface area contributed by atoms with Gasteiger partial charge in [-0.2, -0.15) is 5.26 Å². The van der Waals surface area contributed by atoms with Crippen molar-refractivity contribution in [3.63, 3.8) is 0 Å². The molecule has 0 aliphatic carbocycles. The van der Waals surface area contributed by atoms with Crippen molar-refractivity contribution in [1.82, 2.24) is 0 Å². The second kappa shape index (κ2) is 16.4. The van der Waals surface area contributed by atoms with Crippen LogP contribution in [0.5, 0.6) is 0 Å². The highest BCUT2D eigenvalue weighted by Crippen LogP contribution is 2.63. The van der Waals surface area contributed by atoms with Crippen LogP contribution in [0.4, 0.5) is 17.1 Å². The normalized spacial score (nSPS) is 12.5. The van der Waals surface area contributed by atoms with E-state index in [0.717, 1.165) is 72.7 Å². The molecule has 11 rings (SSSR count). The molecule has 0 atom stereocenters. The Morgan fingerprint density at radius 3 is 0.969 bits per heavy atom. The summed E-state index contributed by atoms with van der Waals surface area (Å²) in [6, 6.07) is 94.1. The van der Waals surface area contributed by atoms with Crippen LogP contribution in [0.2, 0.25) is 0 Å². The predicted molar refractivity (Wildman–Crippen MR) is 265 cm³/mol.